The molecule has 0 rings (SSSR count). The third-order valence-electron chi connectivity index (χ3n) is 14.8. The van der Waals surface area contributed by atoms with Crippen molar-refractivity contribution in [1.29, 1.82) is 0 Å². The first-order valence-corrected chi connectivity index (χ1v) is 36.7. The van der Waals surface area contributed by atoms with E-state index in [0.29, 0.717) is 99.0 Å². The number of amides is 4. The predicted molar refractivity (Wildman–Crippen MR) is 351 cm³/mol. The molecule has 78 heavy (non-hydrogen) atoms. The van der Waals surface area contributed by atoms with Gasteiger partial charge in [-0.2, -0.15) is 47.0 Å². The summed E-state index contributed by atoms with van der Waals surface area (Å²) in [6.07, 6.45) is 34.8. The molecule has 0 saturated carbocycles. The molecule has 11 nitrogen and oxygen atoms in total. The van der Waals surface area contributed by atoms with Crippen molar-refractivity contribution in [1.82, 2.24) is 36.0 Å². The van der Waals surface area contributed by atoms with E-state index in [4.69, 9.17) is 0 Å². The normalized spacial score (nSPS) is 13.3. The Hall–Kier alpha value is -0.840. The van der Waals surface area contributed by atoms with Crippen LogP contribution in [0.15, 0.2) is 0 Å². The predicted octanol–water partition coefficient (Wildman–Crippen LogP) is 14.3. The summed E-state index contributed by atoms with van der Waals surface area (Å²) in [7, 11) is 2.17. The third kappa shape index (κ3) is 54.4. The molecule has 0 fully saturated rings. The molecule has 462 valence electrons. The minimum atomic E-state index is 0.0882. The van der Waals surface area contributed by atoms with Gasteiger partial charge in [0.25, 0.3) is 0 Å². The maximum absolute atomic E-state index is 13.0. The fourth-order valence-corrected chi connectivity index (χ4v) is 13.4. The number of unbranched alkanes of at least 4 members (excludes halogenated alkanes) is 16. The van der Waals surface area contributed by atoms with Gasteiger partial charge in [0.15, 0.2) is 0 Å². The van der Waals surface area contributed by atoms with Crippen LogP contribution in [0.5, 0.6) is 0 Å². The highest BCUT2D eigenvalue weighted by atomic mass is 32.2. The summed E-state index contributed by atoms with van der Waals surface area (Å²) in [4.78, 5) is 59.2. The SMILES string of the molecule is CCCCCCCC(C)SCCNC(=O)CCN(CCCN(C)CCCN(CCC(=O)NCCSC(C)CCCCCCC)CCC(=O)NCCSC(C)CCCCCCC)CCC(=O)NCCSC(C)CCCCCCC. The van der Waals surface area contributed by atoms with Gasteiger partial charge in [-0.15, -0.1) is 0 Å². The Morgan fingerprint density at radius 1 is 0.321 bits per heavy atom. The maximum atomic E-state index is 13.0. The van der Waals surface area contributed by atoms with Crippen molar-refractivity contribution in [3.8, 4) is 0 Å². The van der Waals surface area contributed by atoms with E-state index in [1.807, 2.05) is 47.0 Å². The Labute approximate surface area is 500 Å². The lowest BCUT2D eigenvalue weighted by Crippen LogP contribution is -2.37. The number of nitrogens with one attached hydrogen (secondary N) is 4. The Bertz CT molecular complexity index is 1190. The summed E-state index contributed by atoms with van der Waals surface area (Å²) in [6, 6.07) is 0. The van der Waals surface area contributed by atoms with Gasteiger partial charge in [0.1, 0.15) is 0 Å². The van der Waals surface area contributed by atoms with E-state index in [1.54, 1.807) is 0 Å². The molecule has 0 bridgehead atoms. The molecule has 0 saturated heterocycles. The lowest BCUT2D eigenvalue weighted by Gasteiger charge is -2.25. The lowest BCUT2D eigenvalue weighted by atomic mass is 10.1. The molecular weight excluding hydrogens is 1050 g/mol. The standard InChI is InChI=1S/C63H127N7O4S4/c1-10-14-18-22-26-32-56(5)75-52-40-64-60(71)36-48-69(49-37-61(72)65-41-53-76-57(6)33-27-23-19-15-11-2)46-30-44-68(9)45-31-47-70(50-38-62(73)66-42-54-77-58(7)34-28-24-20-16-12-3)51-39-63(74)67-43-55-78-59(8)35-29-25-21-17-13-4/h56-59H,10-55H2,1-9H3,(H,64,71)(H,65,72)(H,66,73)(H,67,74). The number of thioether (sulfide) groups is 4. The van der Waals surface area contributed by atoms with E-state index in [2.05, 4.69) is 98.4 Å². The van der Waals surface area contributed by atoms with E-state index >= 15 is 0 Å². The number of hydrogen-bond acceptors (Lipinski definition) is 11. The Kier molecular flexibility index (Phi) is 57.3. The van der Waals surface area contributed by atoms with E-state index < -0.39 is 0 Å². The lowest BCUT2D eigenvalue weighted by molar-refractivity contribution is -0.123. The van der Waals surface area contributed by atoms with Crippen molar-refractivity contribution in [2.45, 2.75) is 269 Å². The van der Waals surface area contributed by atoms with E-state index in [0.717, 1.165) is 62.0 Å². The zero-order valence-corrected chi connectivity index (χ0v) is 55.7. The van der Waals surface area contributed by atoms with Crippen molar-refractivity contribution in [2.24, 2.45) is 0 Å². The Balaban J connectivity index is 5.23. The number of hydrogen-bond donors (Lipinski definition) is 4. The molecule has 0 aromatic carbocycles. The minimum absolute atomic E-state index is 0.0882. The summed E-state index contributed by atoms with van der Waals surface area (Å²) in [5.74, 6) is 4.10. The molecule has 0 aromatic rings. The summed E-state index contributed by atoms with van der Waals surface area (Å²) in [6.45, 7) is 27.1. The summed E-state index contributed by atoms with van der Waals surface area (Å²) >= 11 is 7.85. The zero-order valence-electron chi connectivity index (χ0n) is 52.4. The summed E-state index contributed by atoms with van der Waals surface area (Å²) in [5.41, 5.74) is 0. The van der Waals surface area contributed by atoms with Crippen LogP contribution in [0.2, 0.25) is 0 Å². The van der Waals surface area contributed by atoms with E-state index in [1.165, 1.54) is 154 Å². The van der Waals surface area contributed by atoms with Crippen LogP contribution in [0.4, 0.5) is 0 Å². The van der Waals surface area contributed by atoms with Crippen LogP contribution in [0.3, 0.4) is 0 Å². The van der Waals surface area contributed by atoms with Crippen molar-refractivity contribution in [2.75, 3.05) is 109 Å². The quantitative estimate of drug-likeness (QED) is 0.0435. The van der Waals surface area contributed by atoms with Crippen molar-refractivity contribution >= 4 is 70.7 Å². The molecule has 4 unspecified atom stereocenters. The van der Waals surface area contributed by atoms with Gasteiger partial charge in [-0.1, -0.05) is 184 Å². The van der Waals surface area contributed by atoms with Crippen molar-refractivity contribution in [3.63, 3.8) is 0 Å². The zero-order chi connectivity index (χ0) is 57.5. The average molecular weight is 1180 g/mol. The Morgan fingerprint density at radius 3 is 0.782 bits per heavy atom. The summed E-state index contributed by atoms with van der Waals surface area (Å²) in [5, 5.41) is 15.1. The molecule has 4 amide bonds. The van der Waals surface area contributed by atoms with Gasteiger partial charge >= 0.3 is 0 Å². The van der Waals surface area contributed by atoms with E-state index in [9.17, 15) is 19.2 Å². The Morgan fingerprint density at radius 2 is 0.551 bits per heavy atom. The van der Waals surface area contributed by atoms with Gasteiger partial charge in [-0.05, 0) is 71.8 Å². The second kappa shape index (κ2) is 58.0. The molecule has 0 aliphatic rings. The molecule has 4 N–H and O–H groups in total. The topological polar surface area (TPSA) is 126 Å². The second-order valence-corrected chi connectivity index (χ2v) is 28.8. The first-order chi connectivity index (χ1) is 37.8. The van der Waals surface area contributed by atoms with Crippen LogP contribution in [-0.4, -0.2) is 168 Å². The number of carbonyl (C=O) groups is 4. The van der Waals surface area contributed by atoms with Crippen LogP contribution >= 0.6 is 47.0 Å². The van der Waals surface area contributed by atoms with Crippen molar-refractivity contribution in [3.05, 3.63) is 0 Å². The van der Waals surface area contributed by atoms with E-state index in [-0.39, 0.29) is 23.6 Å². The first-order valence-electron chi connectivity index (χ1n) is 32.5. The molecule has 0 radical (unpaired) electrons. The molecule has 0 heterocycles. The second-order valence-electron chi connectivity index (χ2n) is 22.6. The highest BCUT2D eigenvalue weighted by Gasteiger charge is 2.15. The minimum Gasteiger partial charge on any atom is -0.355 e. The molecule has 15 heteroatoms. The van der Waals surface area contributed by atoms with Crippen LogP contribution in [0.25, 0.3) is 0 Å². The highest BCUT2D eigenvalue weighted by molar-refractivity contribution is 8.00. The van der Waals surface area contributed by atoms with Crippen LogP contribution in [-0.2, 0) is 19.2 Å². The van der Waals surface area contributed by atoms with Gasteiger partial charge < -0.3 is 36.0 Å². The van der Waals surface area contributed by atoms with Gasteiger partial charge in [-0.25, -0.2) is 0 Å². The highest BCUT2D eigenvalue weighted by Crippen LogP contribution is 2.21. The molecular formula is C63H127N7O4S4. The third-order valence-corrected chi connectivity index (χ3v) is 19.8. The molecule has 0 aromatic heterocycles. The number of nitrogens with zero attached hydrogens (tertiary/aromatic N) is 3. The molecule has 4 atom stereocenters. The fraction of sp³-hybridized carbons (Fsp3) is 0.937. The monoisotopic (exact) mass is 1170 g/mol. The fourth-order valence-electron chi connectivity index (χ4n) is 9.58. The molecule has 0 aliphatic heterocycles. The van der Waals surface area contributed by atoms with Gasteiger partial charge in [0.2, 0.25) is 23.6 Å². The largest absolute Gasteiger partial charge is 0.355 e. The van der Waals surface area contributed by atoms with Crippen LogP contribution < -0.4 is 21.3 Å². The van der Waals surface area contributed by atoms with Gasteiger partial charge in [-0.3, -0.25) is 19.2 Å². The maximum Gasteiger partial charge on any atom is 0.221 e. The molecule has 0 spiro atoms. The van der Waals surface area contributed by atoms with Crippen LogP contribution in [0.1, 0.15) is 248 Å². The van der Waals surface area contributed by atoms with Gasteiger partial charge in [0.05, 0.1) is 0 Å². The first kappa shape index (κ1) is 77.2. The van der Waals surface area contributed by atoms with Crippen LogP contribution in [0, 0.1) is 0 Å². The number of rotatable bonds is 60. The van der Waals surface area contributed by atoms with Crippen molar-refractivity contribution < 1.29 is 19.2 Å². The van der Waals surface area contributed by atoms with Gasteiger partial charge in [0, 0.05) is 122 Å². The number of carbonyl (C=O) groups excluding carboxylic acids is 4. The smallest absolute Gasteiger partial charge is 0.221 e. The summed E-state index contributed by atoms with van der Waals surface area (Å²) < 4.78 is 0. The molecule has 0 aliphatic carbocycles. The average Bonchev–Trinajstić information content (AvgIpc) is 3.42.